The molecule has 104 valence electrons. The second-order valence-corrected chi connectivity index (χ2v) is 9.44. The van der Waals surface area contributed by atoms with Crippen LogP contribution < -0.4 is 4.75 Å². The highest BCUT2D eigenvalue weighted by molar-refractivity contribution is 7.77. The number of aromatic nitrogens is 1. The van der Waals surface area contributed by atoms with Crippen molar-refractivity contribution < 1.29 is 4.57 Å². The third-order valence-electron chi connectivity index (χ3n) is 3.38. The highest BCUT2D eigenvalue weighted by Gasteiger charge is 2.27. The van der Waals surface area contributed by atoms with Crippen LogP contribution in [-0.2, 0) is 4.57 Å². The maximum Gasteiger partial charge on any atom is 0.154 e. The fraction of sp³-hybridized carbons (Fsp3) is 0.533. The molecule has 2 rings (SSSR count). The van der Waals surface area contributed by atoms with E-state index in [2.05, 4.69) is 24.9 Å². The third-order valence-corrected chi connectivity index (χ3v) is 8.36. The highest BCUT2D eigenvalue weighted by atomic mass is 32.1. The first kappa shape index (κ1) is 14.7. The molecule has 0 saturated carbocycles. The predicted octanol–water partition coefficient (Wildman–Crippen LogP) is 4.88. The number of hydrogen-bond acceptors (Lipinski definition) is 3. The van der Waals surface area contributed by atoms with Gasteiger partial charge in [0.05, 0.1) is 10.2 Å². The van der Waals surface area contributed by atoms with Crippen LogP contribution in [0.4, 0.5) is 0 Å². The van der Waals surface area contributed by atoms with Crippen LogP contribution in [0, 0.1) is 0 Å². The molecule has 0 aliphatic carbocycles. The summed E-state index contributed by atoms with van der Waals surface area (Å²) in [7, 11) is -2.27. The number of fused-ring (bicyclic) bond motifs is 1. The van der Waals surface area contributed by atoms with Gasteiger partial charge in [-0.05, 0) is 25.0 Å². The van der Waals surface area contributed by atoms with Crippen molar-refractivity contribution in [1.29, 1.82) is 0 Å². The summed E-state index contributed by atoms with van der Waals surface area (Å²) >= 11 is 1.63. The average Bonchev–Trinajstić information content (AvgIpc) is 2.87. The largest absolute Gasteiger partial charge is 0.316 e. The number of unbranched alkanes of at least 4 members (excludes halogenated alkanes) is 2. The van der Waals surface area contributed by atoms with Gasteiger partial charge in [-0.2, -0.15) is 0 Å². The van der Waals surface area contributed by atoms with E-state index in [4.69, 9.17) is 0 Å². The fourth-order valence-corrected chi connectivity index (χ4v) is 6.93. The van der Waals surface area contributed by atoms with Crippen LogP contribution in [0.1, 0.15) is 39.5 Å². The lowest BCUT2D eigenvalue weighted by molar-refractivity contribution is 0.576. The summed E-state index contributed by atoms with van der Waals surface area (Å²) in [5.74, 6) is 0. The van der Waals surface area contributed by atoms with Gasteiger partial charge in [-0.25, -0.2) is 4.98 Å². The summed E-state index contributed by atoms with van der Waals surface area (Å²) in [4.78, 5) is 4.65. The van der Waals surface area contributed by atoms with E-state index in [0.717, 1.165) is 53.0 Å². The van der Waals surface area contributed by atoms with Crippen molar-refractivity contribution >= 4 is 33.4 Å². The Balaban J connectivity index is 2.33. The second-order valence-electron chi connectivity index (χ2n) is 5.01. The van der Waals surface area contributed by atoms with Gasteiger partial charge in [-0.3, -0.25) is 0 Å². The molecule has 0 amide bonds. The molecular formula is C15H22NOPS. The molecule has 2 nitrogen and oxygen atoms in total. The minimum absolute atomic E-state index is 0.823. The van der Waals surface area contributed by atoms with E-state index >= 15 is 0 Å². The van der Waals surface area contributed by atoms with Crippen LogP contribution in [0.15, 0.2) is 24.3 Å². The zero-order valence-corrected chi connectivity index (χ0v) is 13.5. The minimum Gasteiger partial charge on any atom is -0.316 e. The van der Waals surface area contributed by atoms with Crippen LogP contribution in [0.5, 0.6) is 0 Å². The zero-order valence-electron chi connectivity index (χ0n) is 11.8. The third kappa shape index (κ3) is 3.46. The molecular weight excluding hydrogens is 273 g/mol. The monoisotopic (exact) mass is 295 g/mol. The Bertz CT molecular complexity index is 533. The van der Waals surface area contributed by atoms with E-state index in [1.165, 1.54) is 0 Å². The van der Waals surface area contributed by atoms with Gasteiger partial charge >= 0.3 is 0 Å². The summed E-state index contributed by atoms with van der Waals surface area (Å²) in [6.07, 6.45) is 5.92. The smallest absolute Gasteiger partial charge is 0.154 e. The molecule has 0 radical (unpaired) electrons. The molecule has 0 bridgehead atoms. The van der Waals surface area contributed by atoms with Crippen molar-refractivity contribution in [3.05, 3.63) is 24.3 Å². The summed E-state index contributed by atoms with van der Waals surface area (Å²) in [5, 5.41) is 0. The second kappa shape index (κ2) is 6.67. The lowest BCUT2D eigenvalue weighted by atomic mass is 10.3. The van der Waals surface area contributed by atoms with Gasteiger partial charge in [-0.15, -0.1) is 11.3 Å². The number of para-hydroxylation sites is 1. The predicted molar refractivity (Wildman–Crippen MR) is 86.4 cm³/mol. The summed E-state index contributed by atoms with van der Waals surface area (Å²) in [5.41, 5.74) is 0.996. The van der Waals surface area contributed by atoms with Gasteiger partial charge < -0.3 is 4.57 Å². The first-order chi connectivity index (χ1) is 9.19. The Kier molecular flexibility index (Phi) is 5.18. The maximum atomic E-state index is 13.3. The molecule has 0 aliphatic heterocycles. The number of nitrogens with zero attached hydrogens (tertiary/aromatic N) is 1. The minimum atomic E-state index is -2.27. The molecule has 0 saturated heterocycles. The SMILES string of the molecule is CCCCP(=O)(CCCC)c1nc2ccccc2s1. The van der Waals surface area contributed by atoms with E-state index in [1.807, 2.05) is 18.2 Å². The van der Waals surface area contributed by atoms with Crippen LogP contribution in [0.2, 0.25) is 0 Å². The Morgan fingerprint density at radius 1 is 1.11 bits per heavy atom. The average molecular weight is 295 g/mol. The first-order valence-corrected chi connectivity index (χ1v) is 10.0. The van der Waals surface area contributed by atoms with Crippen LogP contribution >= 0.6 is 18.5 Å². The van der Waals surface area contributed by atoms with Crippen molar-refractivity contribution in [2.75, 3.05) is 12.3 Å². The van der Waals surface area contributed by atoms with Gasteiger partial charge in [0.2, 0.25) is 0 Å². The van der Waals surface area contributed by atoms with Gasteiger partial charge in [0.25, 0.3) is 0 Å². The van der Waals surface area contributed by atoms with Crippen LogP contribution in [-0.4, -0.2) is 17.3 Å². The summed E-state index contributed by atoms with van der Waals surface area (Å²) in [6.45, 7) is 4.31. The molecule has 1 aromatic carbocycles. The zero-order chi connectivity index (χ0) is 13.7. The van der Waals surface area contributed by atoms with Crippen LogP contribution in [0.3, 0.4) is 0 Å². The molecule has 19 heavy (non-hydrogen) atoms. The van der Waals surface area contributed by atoms with E-state index in [-0.39, 0.29) is 0 Å². The maximum absolute atomic E-state index is 13.3. The number of rotatable bonds is 7. The van der Waals surface area contributed by atoms with Crippen molar-refractivity contribution in [2.45, 2.75) is 39.5 Å². The van der Waals surface area contributed by atoms with E-state index in [1.54, 1.807) is 11.3 Å². The molecule has 0 N–H and O–H groups in total. The van der Waals surface area contributed by atoms with Gasteiger partial charge in [0.1, 0.15) is 7.14 Å². The normalized spacial score (nSPS) is 12.1. The molecule has 1 aromatic heterocycles. The van der Waals surface area contributed by atoms with E-state index < -0.39 is 7.14 Å². The number of hydrogen-bond donors (Lipinski definition) is 0. The first-order valence-electron chi connectivity index (χ1n) is 7.14. The van der Waals surface area contributed by atoms with Gasteiger partial charge in [0, 0.05) is 12.3 Å². The molecule has 1 heterocycles. The molecule has 0 aliphatic rings. The van der Waals surface area contributed by atoms with E-state index in [9.17, 15) is 4.57 Å². The fourth-order valence-electron chi connectivity index (χ4n) is 2.16. The highest BCUT2D eigenvalue weighted by Crippen LogP contribution is 2.47. The summed E-state index contributed by atoms with van der Waals surface area (Å²) in [6, 6.07) is 8.10. The lowest BCUT2D eigenvalue weighted by Crippen LogP contribution is -2.10. The van der Waals surface area contributed by atoms with E-state index in [0.29, 0.717) is 0 Å². The standard InChI is InChI=1S/C15H22NOPS/c1-3-5-11-18(17,12-6-4-2)15-16-13-9-7-8-10-14(13)19-15/h7-10H,3-6,11-12H2,1-2H3. The molecule has 2 aromatic rings. The summed E-state index contributed by atoms with van der Waals surface area (Å²) < 4.78 is 15.3. The Morgan fingerprint density at radius 3 is 2.32 bits per heavy atom. The van der Waals surface area contributed by atoms with Crippen molar-refractivity contribution in [3.63, 3.8) is 0 Å². The molecule has 0 unspecified atom stereocenters. The quantitative estimate of drug-likeness (QED) is 0.681. The molecule has 0 fully saturated rings. The van der Waals surface area contributed by atoms with Gasteiger partial charge in [-0.1, -0.05) is 38.8 Å². The Hall–Kier alpha value is -0.660. The number of benzene rings is 1. The number of thiazole rings is 1. The molecule has 4 heteroatoms. The van der Waals surface area contributed by atoms with Crippen molar-refractivity contribution in [3.8, 4) is 0 Å². The van der Waals surface area contributed by atoms with Crippen molar-refractivity contribution in [1.82, 2.24) is 4.98 Å². The lowest BCUT2D eigenvalue weighted by Gasteiger charge is -2.14. The molecule has 0 spiro atoms. The Labute approximate surface area is 119 Å². The van der Waals surface area contributed by atoms with Gasteiger partial charge in [0.15, 0.2) is 4.75 Å². The molecule has 0 atom stereocenters. The van der Waals surface area contributed by atoms with Crippen molar-refractivity contribution in [2.24, 2.45) is 0 Å². The Morgan fingerprint density at radius 2 is 1.74 bits per heavy atom. The topological polar surface area (TPSA) is 30.0 Å². The van der Waals surface area contributed by atoms with Crippen LogP contribution in [0.25, 0.3) is 10.2 Å².